The van der Waals surface area contributed by atoms with Gasteiger partial charge >= 0.3 is 0 Å². The fraction of sp³-hybridized carbons (Fsp3) is 0.455. The largest absolute Gasteiger partial charge is 0.506 e. The number of hydrogen-bond acceptors (Lipinski definition) is 3. The molecule has 1 aromatic rings. The van der Waals surface area contributed by atoms with E-state index < -0.39 is 10.0 Å². The molecule has 0 fully saturated rings. The first-order valence-corrected chi connectivity index (χ1v) is 7.38. The van der Waals surface area contributed by atoms with E-state index in [4.69, 9.17) is 11.6 Å². The van der Waals surface area contributed by atoms with Crippen LogP contribution in [0.5, 0.6) is 5.75 Å². The van der Waals surface area contributed by atoms with Crippen molar-refractivity contribution >= 4 is 27.3 Å². The third-order valence-electron chi connectivity index (χ3n) is 2.33. The summed E-state index contributed by atoms with van der Waals surface area (Å²) in [5.74, 6) is 0.0298. The van der Waals surface area contributed by atoms with Gasteiger partial charge in [-0.05, 0) is 31.0 Å². The van der Waals surface area contributed by atoms with Gasteiger partial charge in [0.25, 0.3) is 0 Å². The Morgan fingerprint density at radius 2 is 2.06 bits per heavy atom. The Morgan fingerprint density at radius 1 is 1.41 bits per heavy atom. The number of sulfonamides is 1. The van der Waals surface area contributed by atoms with Crippen molar-refractivity contribution < 1.29 is 13.5 Å². The van der Waals surface area contributed by atoms with Gasteiger partial charge in [0.05, 0.1) is 16.5 Å². The number of halogens is 1. The Kier molecular flexibility index (Phi) is 4.65. The maximum atomic E-state index is 11.7. The molecule has 96 valence electrons. The molecule has 4 nitrogen and oxygen atoms in total. The number of unbranched alkanes of at least 4 members (excludes halogenated alkanes) is 1. The van der Waals surface area contributed by atoms with Gasteiger partial charge in [-0.1, -0.05) is 24.9 Å². The summed E-state index contributed by atoms with van der Waals surface area (Å²) >= 11 is 5.73. The fourth-order valence-electron chi connectivity index (χ4n) is 1.33. The molecule has 0 aliphatic heterocycles. The van der Waals surface area contributed by atoms with Crippen LogP contribution in [0.2, 0.25) is 5.02 Å². The molecule has 1 aromatic carbocycles. The highest BCUT2D eigenvalue weighted by molar-refractivity contribution is 7.92. The summed E-state index contributed by atoms with van der Waals surface area (Å²) in [4.78, 5) is 0. The number of benzene rings is 1. The Balaban J connectivity index is 2.92. The predicted molar refractivity (Wildman–Crippen MR) is 70.2 cm³/mol. The molecule has 17 heavy (non-hydrogen) atoms. The number of anilines is 1. The molecule has 0 radical (unpaired) electrons. The maximum Gasteiger partial charge on any atom is 0.232 e. The highest BCUT2D eigenvalue weighted by atomic mass is 35.5. The van der Waals surface area contributed by atoms with Gasteiger partial charge in [-0.25, -0.2) is 8.42 Å². The smallest absolute Gasteiger partial charge is 0.232 e. The minimum atomic E-state index is -3.34. The van der Waals surface area contributed by atoms with Crippen molar-refractivity contribution in [2.45, 2.75) is 26.7 Å². The van der Waals surface area contributed by atoms with Crippen LogP contribution in [-0.4, -0.2) is 19.3 Å². The first-order valence-electron chi connectivity index (χ1n) is 5.35. The molecule has 6 heteroatoms. The molecular weight excluding hydrogens is 262 g/mol. The molecule has 0 aromatic heterocycles. The number of phenols is 1. The summed E-state index contributed by atoms with van der Waals surface area (Å²) in [7, 11) is -3.34. The summed E-state index contributed by atoms with van der Waals surface area (Å²) in [5.41, 5.74) is 1.04. The van der Waals surface area contributed by atoms with Crippen LogP contribution in [0, 0.1) is 6.92 Å². The Morgan fingerprint density at radius 3 is 2.65 bits per heavy atom. The second-order valence-electron chi connectivity index (χ2n) is 3.89. The molecule has 0 atom stereocenters. The zero-order valence-electron chi connectivity index (χ0n) is 9.83. The Hall–Kier alpha value is -0.940. The minimum Gasteiger partial charge on any atom is -0.506 e. The lowest BCUT2D eigenvalue weighted by Gasteiger charge is -2.11. The van der Waals surface area contributed by atoms with E-state index in [0.29, 0.717) is 17.7 Å². The number of aryl methyl sites for hydroxylation is 1. The first kappa shape index (κ1) is 14.1. The zero-order chi connectivity index (χ0) is 13.1. The minimum absolute atomic E-state index is 0.0549. The highest BCUT2D eigenvalue weighted by Gasteiger charge is 2.12. The van der Waals surface area contributed by atoms with Gasteiger partial charge in [0.15, 0.2) is 0 Å². The van der Waals surface area contributed by atoms with E-state index in [9.17, 15) is 13.5 Å². The van der Waals surface area contributed by atoms with Crippen LogP contribution < -0.4 is 4.72 Å². The molecule has 0 aliphatic carbocycles. The average Bonchev–Trinajstić information content (AvgIpc) is 2.23. The molecule has 0 amide bonds. The second-order valence-corrected chi connectivity index (χ2v) is 6.14. The van der Waals surface area contributed by atoms with Gasteiger partial charge in [-0.15, -0.1) is 0 Å². The molecule has 0 heterocycles. The number of aromatic hydroxyl groups is 1. The first-order chi connectivity index (χ1) is 7.85. The van der Waals surface area contributed by atoms with Gasteiger partial charge in [-0.3, -0.25) is 4.72 Å². The monoisotopic (exact) mass is 277 g/mol. The lowest BCUT2D eigenvalue weighted by molar-refractivity contribution is 0.475. The number of rotatable bonds is 5. The van der Waals surface area contributed by atoms with Crippen molar-refractivity contribution in [1.29, 1.82) is 0 Å². The number of nitrogens with one attached hydrogen (secondary N) is 1. The number of hydrogen-bond donors (Lipinski definition) is 2. The van der Waals surface area contributed by atoms with Gasteiger partial charge in [0.2, 0.25) is 10.0 Å². The van der Waals surface area contributed by atoms with E-state index in [2.05, 4.69) is 4.72 Å². The van der Waals surface area contributed by atoms with Crippen molar-refractivity contribution in [2.24, 2.45) is 0 Å². The zero-order valence-corrected chi connectivity index (χ0v) is 11.4. The lowest BCUT2D eigenvalue weighted by Crippen LogP contribution is -2.17. The van der Waals surface area contributed by atoms with Gasteiger partial charge in [-0.2, -0.15) is 0 Å². The van der Waals surface area contributed by atoms with E-state index in [1.54, 1.807) is 6.92 Å². The second kappa shape index (κ2) is 5.60. The predicted octanol–water partition coefficient (Wildman–Crippen LogP) is 2.90. The third-order valence-corrected chi connectivity index (χ3v) is 3.99. The molecule has 0 saturated carbocycles. The van der Waals surface area contributed by atoms with Crippen molar-refractivity contribution in [2.75, 3.05) is 10.5 Å². The summed E-state index contributed by atoms with van der Waals surface area (Å²) in [6.45, 7) is 3.63. The van der Waals surface area contributed by atoms with E-state index >= 15 is 0 Å². The van der Waals surface area contributed by atoms with Crippen LogP contribution in [-0.2, 0) is 10.0 Å². The molecule has 0 spiro atoms. The van der Waals surface area contributed by atoms with Crippen LogP contribution in [0.1, 0.15) is 25.3 Å². The van der Waals surface area contributed by atoms with Crippen LogP contribution >= 0.6 is 11.6 Å². The quantitative estimate of drug-likeness (QED) is 0.813. The Labute approximate surface area is 107 Å². The molecule has 1 rings (SSSR count). The van der Waals surface area contributed by atoms with Gasteiger partial charge in [0, 0.05) is 0 Å². The summed E-state index contributed by atoms with van der Waals surface area (Å²) in [5, 5.41) is 9.48. The van der Waals surface area contributed by atoms with E-state index in [1.807, 2.05) is 6.92 Å². The van der Waals surface area contributed by atoms with Crippen molar-refractivity contribution in [3.63, 3.8) is 0 Å². The molecule has 0 unspecified atom stereocenters. The van der Waals surface area contributed by atoms with Crippen molar-refractivity contribution in [3.05, 3.63) is 22.7 Å². The van der Waals surface area contributed by atoms with Crippen LogP contribution in [0.4, 0.5) is 5.69 Å². The fourth-order valence-corrected chi connectivity index (χ4v) is 2.82. The normalized spacial score (nSPS) is 11.5. The van der Waals surface area contributed by atoms with Crippen molar-refractivity contribution in [1.82, 2.24) is 0 Å². The number of phenolic OH excluding ortho intramolecular Hbond substituents is 1. The van der Waals surface area contributed by atoms with Gasteiger partial charge in [0.1, 0.15) is 5.75 Å². The highest BCUT2D eigenvalue weighted by Crippen LogP contribution is 2.30. The molecule has 0 aliphatic rings. The third kappa shape index (κ3) is 4.09. The van der Waals surface area contributed by atoms with Crippen molar-refractivity contribution in [3.8, 4) is 5.75 Å². The standard InChI is InChI=1S/C11H16ClNO3S/c1-3-4-5-17(15,16)13-10-7-9(12)11(14)6-8(10)2/h6-7,13-14H,3-5H2,1-2H3. The van der Waals surface area contributed by atoms with Crippen LogP contribution in [0.15, 0.2) is 12.1 Å². The Bertz CT molecular complexity index is 500. The molecule has 0 saturated heterocycles. The van der Waals surface area contributed by atoms with E-state index in [1.165, 1.54) is 12.1 Å². The van der Waals surface area contributed by atoms with E-state index in [0.717, 1.165) is 6.42 Å². The molecular formula is C11H16ClNO3S. The van der Waals surface area contributed by atoms with E-state index in [-0.39, 0.29) is 16.5 Å². The molecule has 2 N–H and O–H groups in total. The SMILES string of the molecule is CCCCS(=O)(=O)Nc1cc(Cl)c(O)cc1C. The molecule has 0 bridgehead atoms. The maximum absolute atomic E-state index is 11.7. The summed E-state index contributed by atoms with van der Waals surface area (Å²) in [6, 6.07) is 2.84. The topological polar surface area (TPSA) is 66.4 Å². The summed E-state index contributed by atoms with van der Waals surface area (Å²) in [6.07, 6.45) is 1.43. The van der Waals surface area contributed by atoms with Crippen LogP contribution in [0.25, 0.3) is 0 Å². The summed E-state index contributed by atoms with van der Waals surface area (Å²) < 4.78 is 25.8. The lowest BCUT2D eigenvalue weighted by atomic mass is 10.2. The van der Waals surface area contributed by atoms with Crippen LogP contribution in [0.3, 0.4) is 0 Å². The van der Waals surface area contributed by atoms with Gasteiger partial charge < -0.3 is 5.11 Å². The average molecular weight is 278 g/mol.